The molecule has 0 atom stereocenters. The molecule has 0 aliphatic heterocycles. The lowest BCUT2D eigenvalue weighted by Crippen LogP contribution is -2.13. The lowest BCUT2D eigenvalue weighted by molar-refractivity contribution is -0.115. The Morgan fingerprint density at radius 1 is 1.21 bits per heavy atom. The topological polar surface area (TPSA) is 59.8 Å². The predicted molar refractivity (Wildman–Crippen MR) is 111 cm³/mol. The van der Waals surface area contributed by atoms with Crippen LogP contribution in [0.4, 0.5) is 10.1 Å². The maximum atomic E-state index is 13.6. The molecule has 2 aromatic carbocycles. The van der Waals surface area contributed by atoms with Crippen LogP contribution in [0.1, 0.15) is 6.42 Å². The van der Waals surface area contributed by atoms with Crippen molar-refractivity contribution >= 4 is 35.0 Å². The number of rotatable bonds is 8. The molecule has 0 bridgehead atoms. The molecule has 0 aliphatic rings. The van der Waals surface area contributed by atoms with Crippen LogP contribution in [0, 0.1) is 5.82 Å². The molecular weight excluding hydrogens is 399 g/mol. The molecule has 0 spiro atoms. The van der Waals surface area contributed by atoms with E-state index in [4.69, 9.17) is 11.6 Å². The number of aromatic nitrogens is 3. The molecule has 0 aliphatic carbocycles. The van der Waals surface area contributed by atoms with Crippen LogP contribution in [0.2, 0.25) is 5.02 Å². The fraction of sp³-hybridized carbons (Fsp3) is 0.150. The quantitative estimate of drug-likeness (QED) is 0.412. The maximum absolute atomic E-state index is 13.6. The van der Waals surface area contributed by atoms with Crippen molar-refractivity contribution in [1.29, 1.82) is 0 Å². The zero-order valence-corrected chi connectivity index (χ0v) is 16.5. The molecule has 144 valence electrons. The molecular formula is C20H18ClFN4OS. The number of anilines is 1. The number of carbonyl (C=O) groups excluding carboxylic acids is 1. The van der Waals surface area contributed by atoms with Crippen molar-refractivity contribution in [3.8, 4) is 11.4 Å². The van der Waals surface area contributed by atoms with E-state index in [9.17, 15) is 9.18 Å². The van der Waals surface area contributed by atoms with E-state index >= 15 is 0 Å². The van der Waals surface area contributed by atoms with E-state index in [1.54, 1.807) is 30.3 Å². The Kier molecular flexibility index (Phi) is 6.84. The molecule has 1 aromatic heterocycles. The molecule has 0 radical (unpaired) electrons. The van der Waals surface area contributed by atoms with Gasteiger partial charge in [-0.1, -0.05) is 41.6 Å². The Bertz CT molecular complexity index is 975. The van der Waals surface area contributed by atoms with Crippen LogP contribution in [-0.2, 0) is 11.3 Å². The zero-order valence-electron chi connectivity index (χ0n) is 14.9. The first-order valence-corrected chi connectivity index (χ1v) is 9.92. The van der Waals surface area contributed by atoms with Crippen LogP contribution in [0.5, 0.6) is 0 Å². The van der Waals surface area contributed by atoms with Gasteiger partial charge in [0.15, 0.2) is 11.0 Å². The second kappa shape index (κ2) is 9.52. The van der Waals surface area contributed by atoms with E-state index in [-0.39, 0.29) is 18.0 Å². The SMILES string of the molecule is C=CCn1c(SCCC(=O)Nc2ccccc2F)nnc1-c1ccc(Cl)cc1. The van der Waals surface area contributed by atoms with E-state index in [2.05, 4.69) is 22.1 Å². The Hall–Kier alpha value is -2.64. The number of allylic oxidation sites excluding steroid dienone is 1. The zero-order chi connectivity index (χ0) is 19.9. The first-order chi connectivity index (χ1) is 13.6. The molecule has 0 saturated heterocycles. The second-order valence-corrected chi connectivity index (χ2v) is 7.34. The maximum Gasteiger partial charge on any atom is 0.225 e. The molecule has 1 N–H and O–H groups in total. The van der Waals surface area contributed by atoms with Gasteiger partial charge in [0, 0.05) is 29.3 Å². The van der Waals surface area contributed by atoms with E-state index in [0.29, 0.717) is 28.3 Å². The Balaban J connectivity index is 1.64. The third-order valence-electron chi connectivity index (χ3n) is 3.84. The van der Waals surface area contributed by atoms with Crippen LogP contribution < -0.4 is 5.32 Å². The molecule has 1 amide bonds. The fourth-order valence-electron chi connectivity index (χ4n) is 2.51. The Morgan fingerprint density at radius 2 is 1.96 bits per heavy atom. The van der Waals surface area contributed by atoms with Gasteiger partial charge in [-0.25, -0.2) is 4.39 Å². The van der Waals surface area contributed by atoms with Gasteiger partial charge in [0.05, 0.1) is 5.69 Å². The third-order valence-corrected chi connectivity index (χ3v) is 5.06. The molecule has 28 heavy (non-hydrogen) atoms. The fourth-order valence-corrected chi connectivity index (χ4v) is 3.52. The first kappa shape index (κ1) is 20.1. The Labute approximate surface area is 171 Å². The molecule has 0 fully saturated rings. The van der Waals surface area contributed by atoms with Crippen molar-refractivity contribution < 1.29 is 9.18 Å². The summed E-state index contributed by atoms with van der Waals surface area (Å²) in [7, 11) is 0. The summed E-state index contributed by atoms with van der Waals surface area (Å²) in [4.78, 5) is 12.1. The minimum absolute atomic E-state index is 0.178. The van der Waals surface area contributed by atoms with E-state index in [0.717, 1.165) is 5.56 Å². The molecule has 0 unspecified atom stereocenters. The lowest BCUT2D eigenvalue weighted by atomic mass is 10.2. The summed E-state index contributed by atoms with van der Waals surface area (Å²) in [5.41, 5.74) is 1.07. The van der Waals surface area contributed by atoms with Crippen molar-refractivity contribution in [3.63, 3.8) is 0 Å². The van der Waals surface area contributed by atoms with Gasteiger partial charge in [0.25, 0.3) is 0 Å². The highest BCUT2D eigenvalue weighted by Gasteiger charge is 2.14. The van der Waals surface area contributed by atoms with Gasteiger partial charge in [0.1, 0.15) is 5.82 Å². The number of thioether (sulfide) groups is 1. The van der Waals surface area contributed by atoms with Crippen LogP contribution in [0.25, 0.3) is 11.4 Å². The summed E-state index contributed by atoms with van der Waals surface area (Å²) >= 11 is 7.36. The number of carbonyl (C=O) groups is 1. The predicted octanol–water partition coefficient (Wildman–Crippen LogP) is 5.04. The minimum Gasteiger partial charge on any atom is -0.324 e. The number of nitrogens with zero attached hydrogens (tertiary/aromatic N) is 3. The summed E-state index contributed by atoms with van der Waals surface area (Å²) in [5, 5.41) is 12.4. The van der Waals surface area contributed by atoms with Gasteiger partial charge in [-0.15, -0.1) is 16.8 Å². The van der Waals surface area contributed by atoms with Crippen molar-refractivity contribution in [2.45, 2.75) is 18.1 Å². The molecule has 3 rings (SSSR count). The number of benzene rings is 2. The highest BCUT2D eigenvalue weighted by atomic mass is 35.5. The van der Waals surface area contributed by atoms with Gasteiger partial charge >= 0.3 is 0 Å². The van der Waals surface area contributed by atoms with Gasteiger partial charge in [-0.3, -0.25) is 9.36 Å². The van der Waals surface area contributed by atoms with E-state index < -0.39 is 5.82 Å². The summed E-state index contributed by atoms with van der Waals surface area (Å²) < 4.78 is 15.5. The van der Waals surface area contributed by atoms with Crippen LogP contribution in [0.3, 0.4) is 0 Å². The van der Waals surface area contributed by atoms with Gasteiger partial charge < -0.3 is 5.32 Å². The van der Waals surface area contributed by atoms with Crippen LogP contribution >= 0.6 is 23.4 Å². The highest BCUT2D eigenvalue weighted by Crippen LogP contribution is 2.25. The van der Waals surface area contributed by atoms with Gasteiger partial charge in [-0.2, -0.15) is 0 Å². The minimum atomic E-state index is -0.457. The average molecular weight is 417 g/mol. The summed E-state index contributed by atoms with van der Waals surface area (Å²) in [6, 6.07) is 13.4. The summed E-state index contributed by atoms with van der Waals surface area (Å²) in [5.74, 6) is 0.470. The molecule has 0 saturated carbocycles. The number of nitrogens with one attached hydrogen (secondary N) is 1. The highest BCUT2D eigenvalue weighted by molar-refractivity contribution is 7.99. The lowest BCUT2D eigenvalue weighted by Gasteiger charge is -2.08. The van der Waals surface area contributed by atoms with Crippen LogP contribution in [-0.4, -0.2) is 26.4 Å². The molecule has 1 heterocycles. The largest absolute Gasteiger partial charge is 0.324 e. The number of hydrogen-bond acceptors (Lipinski definition) is 4. The standard InChI is InChI=1S/C20H18ClFN4OS/c1-2-12-26-19(14-7-9-15(21)10-8-14)24-25-20(26)28-13-11-18(27)23-17-6-4-3-5-16(17)22/h2-10H,1,11-13H2,(H,23,27). The van der Waals surface area contributed by atoms with Gasteiger partial charge in [0.2, 0.25) is 5.91 Å². The van der Waals surface area contributed by atoms with Crippen LogP contribution in [0.15, 0.2) is 66.3 Å². The number of amides is 1. The second-order valence-electron chi connectivity index (χ2n) is 5.84. The molecule has 8 heteroatoms. The van der Waals surface area contributed by atoms with Crippen molar-refractivity contribution in [3.05, 3.63) is 72.0 Å². The normalized spacial score (nSPS) is 10.6. The average Bonchev–Trinajstić information content (AvgIpc) is 3.07. The number of hydrogen-bond donors (Lipinski definition) is 1. The number of halogens is 2. The first-order valence-electron chi connectivity index (χ1n) is 8.55. The summed E-state index contributed by atoms with van der Waals surface area (Å²) in [6.45, 7) is 4.32. The Morgan fingerprint density at radius 3 is 2.68 bits per heavy atom. The summed E-state index contributed by atoms with van der Waals surface area (Å²) in [6.07, 6.45) is 1.98. The monoisotopic (exact) mass is 416 g/mol. The van der Waals surface area contributed by atoms with Gasteiger partial charge in [-0.05, 0) is 36.4 Å². The molecule has 5 nitrogen and oxygen atoms in total. The van der Waals surface area contributed by atoms with E-state index in [1.165, 1.54) is 23.9 Å². The molecule has 3 aromatic rings. The van der Waals surface area contributed by atoms with Crippen molar-refractivity contribution in [1.82, 2.24) is 14.8 Å². The smallest absolute Gasteiger partial charge is 0.225 e. The van der Waals surface area contributed by atoms with Crippen molar-refractivity contribution in [2.75, 3.05) is 11.1 Å². The van der Waals surface area contributed by atoms with E-state index in [1.807, 2.05) is 16.7 Å². The third kappa shape index (κ3) is 4.99. The van der Waals surface area contributed by atoms with Crippen molar-refractivity contribution in [2.24, 2.45) is 0 Å². The number of para-hydroxylation sites is 1.